The van der Waals surface area contributed by atoms with Crippen molar-refractivity contribution in [3.8, 4) is 0 Å². The Balaban J connectivity index is 1.95. The summed E-state index contributed by atoms with van der Waals surface area (Å²) in [5, 5.41) is 14.1. The fraction of sp³-hybridized carbons (Fsp3) is 0.538. The number of hydrogen-bond donors (Lipinski definition) is 1. The van der Waals surface area contributed by atoms with Crippen molar-refractivity contribution in [3.05, 3.63) is 39.9 Å². The highest BCUT2D eigenvalue weighted by Gasteiger charge is 2.35. The number of non-ortho nitro benzene ring substituents is 1. The molecule has 1 N–H and O–H groups in total. The first-order valence-corrected chi connectivity index (χ1v) is 6.12. The van der Waals surface area contributed by atoms with Crippen LogP contribution in [0.2, 0.25) is 0 Å². The molecule has 0 bridgehead atoms. The van der Waals surface area contributed by atoms with E-state index < -0.39 is 0 Å². The molecule has 0 radical (unpaired) electrons. The van der Waals surface area contributed by atoms with Gasteiger partial charge >= 0.3 is 0 Å². The molecule has 3 unspecified atom stereocenters. The fourth-order valence-electron chi connectivity index (χ4n) is 2.20. The van der Waals surface area contributed by atoms with Crippen LogP contribution < -0.4 is 5.32 Å². The third kappa shape index (κ3) is 2.82. The second-order valence-electron chi connectivity index (χ2n) is 4.75. The van der Waals surface area contributed by atoms with Crippen molar-refractivity contribution in [1.82, 2.24) is 5.32 Å². The fourth-order valence-corrected chi connectivity index (χ4v) is 2.20. The topological polar surface area (TPSA) is 55.2 Å². The van der Waals surface area contributed by atoms with E-state index in [9.17, 15) is 10.1 Å². The molecule has 0 amide bonds. The lowest BCUT2D eigenvalue weighted by Gasteiger charge is -2.13. The predicted octanol–water partition coefficient (Wildman–Crippen LogP) is 3.04. The van der Waals surface area contributed by atoms with E-state index in [0.29, 0.717) is 6.04 Å². The number of nitro groups is 1. The second kappa shape index (κ2) is 4.84. The van der Waals surface area contributed by atoms with Gasteiger partial charge in [-0.15, -0.1) is 0 Å². The molecule has 1 aromatic rings. The van der Waals surface area contributed by atoms with Crippen molar-refractivity contribution in [2.75, 3.05) is 0 Å². The van der Waals surface area contributed by atoms with Crippen molar-refractivity contribution in [3.63, 3.8) is 0 Å². The summed E-state index contributed by atoms with van der Waals surface area (Å²) in [6, 6.07) is 7.69. The van der Waals surface area contributed by atoms with Gasteiger partial charge in [0.15, 0.2) is 0 Å². The molecule has 1 aliphatic rings. The van der Waals surface area contributed by atoms with E-state index in [2.05, 4.69) is 19.2 Å². The summed E-state index contributed by atoms with van der Waals surface area (Å²) in [6.07, 6.45) is 2.48. The van der Waals surface area contributed by atoms with Crippen LogP contribution in [0.1, 0.15) is 38.3 Å². The number of nitrogens with one attached hydrogen (secondary N) is 1. The highest BCUT2D eigenvalue weighted by atomic mass is 16.6. The molecule has 0 aliphatic heterocycles. The lowest BCUT2D eigenvalue weighted by molar-refractivity contribution is -0.384. The first-order chi connectivity index (χ1) is 8.11. The highest BCUT2D eigenvalue weighted by Crippen LogP contribution is 2.35. The molecular formula is C13H18N2O2. The SMILES string of the molecule is CCC1CC1NC(C)c1ccc([N+](=O)[O-])cc1. The van der Waals surface area contributed by atoms with Gasteiger partial charge < -0.3 is 5.32 Å². The van der Waals surface area contributed by atoms with Gasteiger partial charge in [-0.2, -0.15) is 0 Å². The zero-order valence-electron chi connectivity index (χ0n) is 10.2. The molecule has 0 aromatic heterocycles. The van der Waals surface area contributed by atoms with Crippen LogP contribution in [0.5, 0.6) is 0 Å². The summed E-state index contributed by atoms with van der Waals surface area (Å²) in [6.45, 7) is 4.31. The molecular weight excluding hydrogens is 216 g/mol. The number of hydrogen-bond acceptors (Lipinski definition) is 3. The van der Waals surface area contributed by atoms with Crippen LogP contribution in [0.15, 0.2) is 24.3 Å². The van der Waals surface area contributed by atoms with Crippen LogP contribution in [0, 0.1) is 16.0 Å². The number of rotatable bonds is 5. The normalized spacial score (nSPS) is 24.4. The Bertz CT molecular complexity index is 402. The average Bonchev–Trinajstić information content (AvgIpc) is 3.07. The van der Waals surface area contributed by atoms with Gasteiger partial charge in [-0.25, -0.2) is 0 Å². The van der Waals surface area contributed by atoms with Crippen molar-refractivity contribution in [2.24, 2.45) is 5.92 Å². The number of benzene rings is 1. The van der Waals surface area contributed by atoms with Gasteiger partial charge in [-0.05, 0) is 24.8 Å². The Labute approximate surface area is 101 Å². The average molecular weight is 234 g/mol. The summed E-state index contributed by atoms with van der Waals surface area (Å²) in [4.78, 5) is 10.2. The number of nitrogens with zero attached hydrogens (tertiary/aromatic N) is 1. The predicted molar refractivity (Wildman–Crippen MR) is 66.8 cm³/mol. The molecule has 92 valence electrons. The zero-order valence-corrected chi connectivity index (χ0v) is 10.2. The van der Waals surface area contributed by atoms with E-state index in [0.717, 1.165) is 11.5 Å². The van der Waals surface area contributed by atoms with E-state index in [4.69, 9.17) is 0 Å². The van der Waals surface area contributed by atoms with E-state index >= 15 is 0 Å². The van der Waals surface area contributed by atoms with E-state index in [1.54, 1.807) is 12.1 Å². The molecule has 1 aromatic carbocycles. The molecule has 0 saturated heterocycles. The van der Waals surface area contributed by atoms with Gasteiger partial charge in [-0.1, -0.05) is 25.5 Å². The monoisotopic (exact) mass is 234 g/mol. The van der Waals surface area contributed by atoms with Crippen LogP contribution in [0.3, 0.4) is 0 Å². The standard InChI is InChI=1S/C13H18N2O2/c1-3-10-8-13(10)14-9(2)11-4-6-12(7-5-11)15(16)17/h4-7,9-10,13-14H,3,8H2,1-2H3. The minimum Gasteiger partial charge on any atom is -0.307 e. The molecule has 1 aliphatic carbocycles. The molecule has 4 heteroatoms. The summed E-state index contributed by atoms with van der Waals surface area (Å²) < 4.78 is 0. The Morgan fingerprint density at radius 3 is 2.59 bits per heavy atom. The van der Waals surface area contributed by atoms with Gasteiger partial charge in [-0.3, -0.25) is 10.1 Å². The molecule has 1 fully saturated rings. The second-order valence-corrected chi connectivity index (χ2v) is 4.75. The molecule has 0 spiro atoms. The first kappa shape index (κ1) is 12.0. The van der Waals surface area contributed by atoms with Crippen LogP contribution >= 0.6 is 0 Å². The Kier molecular flexibility index (Phi) is 3.43. The van der Waals surface area contributed by atoms with Crippen molar-refractivity contribution in [1.29, 1.82) is 0 Å². The lowest BCUT2D eigenvalue weighted by Crippen LogP contribution is -2.22. The van der Waals surface area contributed by atoms with E-state index in [1.165, 1.54) is 12.8 Å². The van der Waals surface area contributed by atoms with E-state index in [1.807, 2.05) is 12.1 Å². The smallest absolute Gasteiger partial charge is 0.269 e. The summed E-state index contributed by atoms with van der Waals surface area (Å²) in [7, 11) is 0. The maximum absolute atomic E-state index is 10.5. The highest BCUT2D eigenvalue weighted by molar-refractivity contribution is 5.34. The maximum atomic E-state index is 10.5. The van der Waals surface area contributed by atoms with Crippen LogP contribution in [0.4, 0.5) is 5.69 Å². The molecule has 4 nitrogen and oxygen atoms in total. The first-order valence-electron chi connectivity index (χ1n) is 6.12. The van der Waals surface area contributed by atoms with Gasteiger partial charge in [0.05, 0.1) is 4.92 Å². The molecule has 3 atom stereocenters. The lowest BCUT2D eigenvalue weighted by atomic mass is 10.1. The molecule has 2 rings (SSSR count). The third-order valence-electron chi connectivity index (χ3n) is 3.51. The zero-order chi connectivity index (χ0) is 12.4. The molecule has 1 saturated carbocycles. The van der Waals surface area contributed by atoms with Crippen LogP contribution in [0.25, 0.3) is 0 Å². The van der Waals surface area contributed by atoms with E-state index in [-0.39, 0.29) is 16.7 Å². The summed E-state index contributed by atoms with van der Waals surface area (Å²) in [5.41, 5.74) is 1.26. The number of nitro benzene ring substituents is 1. The Morgan fingerprint density at radius 2 is 2.12 bits per heavy atom. The molecule has 17 heavy (non-hydrogen) atoms. The maximum Gasteiger partial charge on any atom is 0.269 e. The Hall–Kier alpha value is -1.42. The van der Waals surface area contributed by atoms with Crippen molar-refractivity contribution < 1.29 is 4.92 Å². The largest absolute Gasteiger partial charge is 0.307 e. The van der Waals surface area contributed by atoms with Crippen LogP contribution in [-0.4, -0.2) is 11.0 Å². The minimum atomic E-state index is -0.365. The summed E-state index contributed by atoms with van der Waals surface area (Å²) >= 11 is 0. The van der Waals surface area contributed by atoms with Gasteiger partial charge in [0, 0.05) is 24.2 Å². The minimum absolute atomic E-state index is 0.152. The quantitative estimate of drug-likeness (QED) is 0.629. The van der Waals surface area contributed by atoms with Gasteiger partial charge in [0.2, 0.25) is 0 Å². The summed E-state index contributed by atoms with van der Waals surface area (Å²) in [5.74, 6) is 0.815. The van der Waals surface area contributed by atoms with Crippen molar-refractivity contribution in [2.45, 2.75) is 38.8 Å². The molecule has 0 heterocycles. The third-order valence-corrected chi connectivity index (χ3v) is 3.51. The van der Waals surface area contributed by atoms with Crippen LogP contribution in [-0.2, 0) is 0 Å². The Morgan fingerprint density at radius 1 is 1.47 bits per heavy atom. The van der Waals surface area contributed by atoms with Gasteiger partial charge in [0.25, 0.3) is 5.69 Å². The van der Waals surface area contributed by atoms with Gasteiger partial charge in [0.1, 0.15) is 0 Å². The van der Waals surface area contributed by atoms with Crippen molar-refractivity contribution >= 4 is 5.69 Å².